The van der Waals surface area contributed by atoms with Crippen molar-refractivity contribution in [1.82, 2.24) is 0 Å². The number of rotatable bonds is 1. The Bertz CT molecular complexity index is 300. The highest BCUT2D eigenvalue weighted by Crippen LogP contribution is 2.04. The van der Waals surface area contributed by atoms with Crippen LogP contribution >= 0.6 is 11.6 Å². The van der Waals surface area contributed by atoms with Crippen molar-refractivity contribution in [1.29, 1.82) is 0 Å². The van der Waals surface area contributed by atoms with Crippen LogP contribution in [0.15, 0.2) is 24.2 Å². The van der Waals surface area contributed by atoms with Crippen molar-refractivity contribution in [3.05, 3.63) is 35.6 Å². The highest BCUT2D eigenvalue weighted by atomic mass is 35.5. The van der Waals surface area contributed by atoms with E-state index in [0.29, 0.717) is 0 Å². The highest BCUT2D eigenvalue weighted by molar-refractivity contribution is 6.67. The molecular formula is C7H4ClFO. The van der Waals surface area contributed by atoms with Crippen LogP contribution in [-0.2, 0) is 0 Å². The molecular weight excluding hydrogens is 155 g/mol. The zero-order valence-electron chi connectivity index (χ0n) is 5.90. The fourth-order valence-corrected chi connectivity index (χ4v) is 0.646. The van der Waals surface area contributed by atoms with Crippen molar-refractivity contribution >= 4 is 16.8 Å². The van der Waals surface area contributed by atoms with Crippen LogP contribution in [0.3, 0.4) is 0 Å². The van der Waals surface area contributed by atoms with E-state index in [1.165, 1.54) is 6.07 Å². The molecule has 0 atom stereocenters. The van der Waals surface area contributed by atoms with E-state index in [-0.39, 0.29) is 11.6 Å². The first-order valence-corrected chi connectivity index (χ1v) is 2.95. The molecule has 0 aliphatic heterocycles. The van der Waals surface area contributed by atoms with Gasteiger partial charge < -0.3 is 0 Å². The summed E-state index contributed by atoms with van der Waals surface area (Å²) in [5.41, 5.74) is 0.0214. The van der Waals surface area contributed by atoms with Gasteiger partial charge in [0.25, 0.3) is 5.24 Å². The molecule has 0 saturated heterocycles. The quantitative estimate of drug-likeness (QED) is 0.575. The summed E-state index contributed by atoms with van der Waals surface area (Å²) in [5, 5.41) is -0.741. The Morgan fingerprint density at radius 2 is 2.30 bits per heavy atom. The number of benzene rings is 1. The van der Waals surface area contributed by atoms with Crippen LogP contribution in [0.4, 0.5) is 4.39 Å². The third kappa shape index (κ3) is 1.54. The second kappa shape index (κ2) is 2.80. The summed E-state index contributed by atoms with van der Waals surface area (Å²) in [5.74, 6) is -0.545. The van der Waals surface area contributed by atoms with Crippen LogP contribution in [0.1, 0.15) is 11.7 Å². The minimum Gasteiger partial charge on any atom is -0.276 e. The van der Waals surface area contributed by atoms with Crippen LogP contribution in [0.25, 0.3) is 0 Å². The van der Waals surface area contributed by atoms with Crippen molar-refractivity contribution < 1.29 is 10.6 Å². The smallest absolute Gasteiger partial charge is 0.252 e. The summed E-state index contributed by atoms with van der Waals surface area (Å²) in [6.07, 6.45) is 0. The van der Waals surface area contributed by atoms with Gasteiger partial charge in [-0.15, -0.1) is 0 Å². The van der Waals surface area contributed by atoms with Gasteiger partial charge in [0.1, 0.15) is 5.82 Å². The van der Waals surface area contributed by atoms with E-state index in [1.807, 2.05) is 0 Å². The lowest BCUT2D eigenvalue weighted by Gasteiger charge is -1.90. The van der Waals surface area contributed by atoms with Gasteiger partial charge in [-0.05, 0) is 35.8 Å². The van der Waals surface area contributed by atoms with Crippen LogP contribution in [0, 0.1) is 5.82 Å². The summed E-state index contributed by atoms with van der Waals surface area (Å²) >= 11 is 5.08. The fourth-order valence-electron chi connectivity index (χ4n) is 0.528. The Labute approximate surface area is 63.8 Å². The molecule has 1 aromatic carbocycles. The van der Waals surface area contributed by atoms with E-state index in [2.05, 4.69) is 0 Å². The molecule has 3 heteroatoms. The summed E-state index contributed by atoms with van der Waals surface area (Å²) in [6, 6.07) is 3.03. The first-order valence-electron chi connectivity index (χ1n) is 3.07. The third-order valence-corrected chi connectivity index (χ3v) is 1.19. The van der Waals surface area contributed by atoms with Crippen molar-refractivity contribution in [3.8, 4) is 0 Å². The molecule has 1 nitrogen and oxygen atoms in total. The van der Waals surface area contributed by atoms with Gasteiger partial charge >= 0.3 is 0 Å². The number of carbonyl (C=O) groups excluding carboxylic acids is 1. The molecule has 0 unspecified atom stereocenters. The first-order chi connectivity index (χ1) is 5.11. The van der Waals surface area contributed by atoms with Gasteiger partial charge in [0.05, 0.1) is 1.37 Å². The monoisotopic (exact) mass is 159 g/mol. The zero-order valence-corrected chi connectivity index (χ0v) is 5.65. The molecule has 0 aromatic heterocycles. The Hall–Kier alpha value is -0.890. The van der Waals surface area contributed by atoms with Gasteiger partial charge in [0, 0.05) is 5.56 Å². The maximum Gasteiger partial charge on any atom is 0.252 e. The average molecular weight is 160 g/mol. The third-order valence-electron chi connectivity index (χ3n) is 0.987. The second-order valence-corrected chi connectivity index (χ2v) is 2.04. The molecule has 0 N–H and O–H groups in total. The second-order valence-electron chi connectivity index (χ2n) is 1.69. The van der Waals surface area contributed by atoms with Crippen molar-refractivity contribution in [2.75, 3.05) is 0 Å². The van der Waals surface area contributed by atoms with Crippen molar-refractivity contribution in [3.63, 3.8) is 0 Å². The lowest BCUT2D eigenvalue weighted by atomic mass is 10.2. The van der Waals surface area contributed by atoms with Gasteiger partial charge in [-0.2, -0.15) is 0 Å². The molecule has 0 bridgehead atoms. The van der Waals surface area contributed by atoms with Crippen LogP contribution in [0.2, 0.25) is 0 Å². The standard InChI is InChI=1S/C7H4ClFO/c8-7(10)5-1-3-6(9)4-2-5/h1-4H/i1D. The van der Waals surface area contributed by atoms with Crippen molar-refractivity contribution in [2.45, 2.75) is 0 Å². The first kappa shape index (κ1) is 5.86. The molecule has 0 fully saturated rings. The Balaban J connectivity index is 3.20. The molecule has 0 saturated carbocycles. The van der Waals surface area contributed by atoms with E-state index < -0.39 is 11.1 Å². The number of halogens is 2. The molecule has 10 heavy (non-hydrogen) atoms. The topological polar surface area (TPSA) is 17.1 Å². The summed E-state index contributed by atoms with van der Waals surface area (Å²) in [7, 11) is 0. The van der Waals surface area contributed by atoms with Gasteiger partial charge in [-0.3, -0.25) is 4.79 Å². The minimum atomic E-state index is -0.741. The molecule has 0 aliphatic rings. The molecule has 0 heterocycles. The predicted molar refractivity (Wildman–Crippen MR) is 36.6 cm³/mol. The molecule has 52 valence electrons. The van der Waals surface area contributed by atoms with Crippen LogP contribution in [-0.4, -0.2) is 5.24 Å². The Morgan fingerprint density at radius 3 is 2.80 bits per heavy atom. The average Bonchev–Trinajstić information content (AvgIpc) is 1.85. The lowest BCUT2D eigenvalue weighted by Crippen LogP contribution is -1.87. The normalized spacial score (nSPS) is 10.8. The fraction of sp³-hybridized carbons (Fsp3) is 0. The van der Waals surface area contributed by atoms with E-state index in [9.17, 15) is 9.18 Å². The Kier molecular flexibility index (Phi) is 1.64. The zero-order chi connectivity index (χ0) is 8.43. The minimum absolute atomic E-state index is 0.0214. The number of hydrogen-bond donors (Lipinski definition) is 0. The maximum absolute atomic E-state index is 12.3. The maximum atomic E-state index is 12.3. The van der Waals surface area contributed by atoms with Crippen molar-refractivity contribution in [2.24, 2.45) is 0 Å². The van der Waals surface area contributed by atoms with Crippen LogP contribution < -0.4 is 0 Å². The SMILES string of the molecule is [2H]c1cc(F)ccc1C(=O)Cl. The number of carbonyl (C=O) groups is 1. The molecule has 1 rings (SSSR count). The van der Waals surface area contributed by atoms with E-state index in [1.54, 1.807) is 0 Å². The molecule has 0 radical (unpaired) electrons. The Morgan fingerprint density at radius 1 is 1.60 bits per heavy atom. The number of hydrogen-bond acceptors (Lipinski definition) is 1. The van der Waals surface area contributed by atoms with Gasteiger partial charge in [0.15, 0.2) is 0 Å². The summed E-state index contributed by atoms with van der Waals surface area (Å²) < 4.78 is 19.4. The molecule has 1 aromatic rings. The van der Waals surface area contributed by atoms with Gasteiger partial charge in [-0.1, -0.05) is 0 Å². The van der Waals surface area contributed by atoms with Crippen LogP contribution in [0.5, 0.6) is 0 Å². The van der Waals surface area contributed by atoms with E-state index >= 15 is 0 Å². The largest absolute Gasteiger partial charge is 0.276 e. The lowest BCUT2D eigenvalue weighted by molar-refractivity contribution is 0.108. The summed E-state index contributed by atoms with van der Waals surface area (Å²) in [6.45, 7) is 0. The predicted octanol–water partition coefficient (Wildman–Crippen LogP) is 2.20. The molecule has 0 spiro atoms. The summed E-state index contributed by atoms with van der Waals surface area (Å²) in [4.78, 5) is 10.5. The molecule has 0 amide bonds. The van der Waals surface area contributed by atoms with E-state index in [4.69, 9.17) is 13.0 Å². The highest BCUT2D eigenvalue weighted by Gasteiger charge is 1.99. The van der Waals surface area contributed by atoms with E-state index in [0.717, 1.165) is 12.1 Å². The van der Waals surface area contributed by atoms with Gasteiger partial charge in [-0.25, -0.2) is 4.39 Å². The molecule has 0 aliphatic carbocycles. The van der Waals surface area contributed by atoms with Gasteiger partial charge in [0.2, 0.25) is 0 Å².